The lowest BCUT2D eigenvalue weighted by Crippen LogP contribution is -2.18. The molecule has 1 amide bonds. The Hall–Kier alpha value is -1.88. The van der Waals surface area contributed by atoms with Gasteiger partial charge >= 0.3 is 0 Å². The molecule has 2 aromatic rings. The van der Waals surface area contributed by atoms with Gasteiger partial charge in [0, 0.05) is 18.0 Å². The van der Waals surface area contributed by atoms with Gasteiger partial charge in [0.05, 0.1) is 13.7 Å². The fraction of sp³-hybridized carbons (Fsp3) is 0.286. The zero-order chi connectivity index (χ0) is 13.8. The zero-order valence-electron chi connectivity index (χ0n) is 11.2. The number of nitrogens with zero attached hydrogens (tertiary/aromatic N) is 2. The lowest BCUT2D eigenvalue weighted by Gasteiger charge is -2.07. The van der Waals surface area contributed by atoms with Crippen molar-refractivity contribution >= 4 is 17.2 Å². The van der Waals surface area contributed by atoms with Gasteiger partial charge in [-0.05, 0) is 24.6 Å². The molecule has 0 saturated heterocycles. The summed E-state index contributed by atoms with van der Waals surface area (Å²) in [5, 5.41) is 2.00. The number of benzene rings is 1. The van der Waals surface area contributed by atoms with Gasteiger partial charge in [-0.1, -0.05) is 12.1 Å². The average Bonchev–Trinajstić information content (AvgIpc) is 2.71. The second-order valence-corrected chi connectivity index (χ2v) is 5.06. The highest BCUT2D eigenvalue weighted by atomic mass is 32.1. The molecule has 0 fully saturated rings. The molecule has 19 heavy (non-hydrogen) atoms. The summed E-state index contributed by atoms with van der Waals surface area (Å²) in [5.41, 5.74) is 2.21. The Morgan fingerprint density at radius 1 is 1.47 bits per heavy atom. The third-order valence-corrected chi connectivity index (χ3v) is 3.70. The van der Waals surface area contributed by atoms with Gasteiger partial charge < -0.3 is 9.30 Å². The highest BCUT2D eigenvalue weighted by Gasteiger charge is 2.04. The van der Waals surface area contributed by atoms with Crippen molar-refractivity contribution in [3.05, 3.63) is 45.7 Å². The van der Waals surface area contributed by atoms with Gasteiger partial charge in [-0.3, -0.25) is 4.79 Å². The summed E-state index contributed by atoms with van der Waals surface area (Å²) in [6.07, 6.45) is 0. The van der Waals surface area contributed by atoms with Crippen LogP contribution in [0.4, 0.5) is 0 Å². The number of aromatic nitrogens is 1. The molecule has 0 atom stereocenters. The second-order valence-electron chi connectivity index (χ2n) is 4.23. The molecule has 0 unspecified atom stereocenters. The van der Waals surface area contributed by atoms with Crippen LogP contribution in [0, 0.1) is 6.92 Å². The standard InChI is InChI=1S/C14H16N2O2S/c1-10-9-19-14(15-11(2)17)16(10)8-12-5-4-6-13(7-12)18-3/h4-7,9H,8H2,1-3H3. The second kappa shape index (κ2) is 5.84. The van der Waals surface area contributed by atoms with Gasteiger partial charge in [0.2, 0.25) is 5.91 Å². The van der Waals surface area contributed by atoms with E-state index in [2.05, 4.69) is 4.99 Å². The molecule has 0 N–H and O–H groups in total. The number of hydrogen-bond donors (Lipinski definition) is 0. The molecule has 0 saturated carbocycles. The molecular weight excluding hydrogens is 260 g/mol. The number of carbonyl (C=O) groups excluding carboxylic acids is 1. The van der Waals surface area contributed by atoms with Gasteiger partial charge in [-0.25, -0.2) is 0 Å². The fourth-order valence-electron chi connectivity index (χ4n) is 1.78. The Bertz CT molecular complexity index is 655. The highest BCUT2D eigenvalue weighted by molar-refractivity contribution is 7.07. The number of hydrogen-bond acceptors (Lipinski definition) is 3. The maximum absolute atomic E-state index is 11.1. The quantitative estimate of drug-likeness (QED) is 0.863. The monoisotopic (exact) mass is 276 g/mol. The topological polar surface area (TPSA) is 43.6 Å². The number of amides is 1. The minimum absolute atomic E-state index is 0.179. The highest BCUT2D eigenvalue weighted by Crippen LogP contribution is 2.14. The molecule has 0 spiro atoms. The smallest absolute Gasteiger partial charge is 0.245 e. The summed E-state index contributed by atoms with van der Waals surface area (Å²) in [6, 6.07) is 7.89. The first-order valence-corrected chi connectivity index (χ1v) is 6.81. The Morgan fingerprint density at radius 3 is 2.95 bits per heavy atom. The van der Waals surface area contributed by atoms with E-state index in [4.69, 9.17) is 4.74 Å². The van der Waals surface area contributed by atoms with Crippen molar-refractivity contribution in [1.82, 2.24) is 4.57 Å². The van der Waals surface area contributed by atoms with Crippen molar-refractivity contribution in [2.24, 2.45) is 4.99 Å². The van der Waals surface area contributed by atoms with Crippen LogP contribution < -0.4 is 9.54 Å². The predicted octanol–water partition coefficient (Wildman–Crippen LogP) is 2.36. The Kier molecular flexibility index (Phi) is 4.16. The Balaban J connectivity index is 2.37. The summed E-state index contributed by atoms with van der Waals surface area (Å²) in [5.74, 6) is 0.650. The first-order valence-electron chi connectivity index (χ1n) is 5.93. The number of carbonyl (C=O) groups is 1. The molecule has 0 radical (unpaired) electrons. The number of ether oxygens (including phenoxy) is 1. The van der Waals surface area contributed by atoms with E-state index in [0.29, 0.717) is 6.54 Å². The lowest BCUT2D eigenvalue weighted by molar-refractivity contribution is -0.116. The molecule has 5 heteroatoms. The number of thiazole rings is 1. The summed E-state index contributed by atoms with van der Waals surface area (Å²) < 4.78 is 7.24. The summed E-state index contributed by atoms with van der Waals surface area (Å²) >= 11 is 1.48. The first-order chi connectivity index (χ1) is 9.10. The molecular formula is C14H16N2O2S. The Labute approximate surface area is 116 Å². The lowest BCUT2D eigenvalue weighted by atomic mass is 10.2. The molecule has 100 valence electrons. The van der Waals surface area contributed by atoms with Crippen LogP contribution in [0.3, 0.4) is 0 Å². The van der Waals surface area contributed by atoms with Gasteiger partial charge in [-0.2, -0.15) is 4.99 Å². The summed E-state index contributed by atoms with van der Waals surface area (Å²) in [6.45, 7) is 4.15. The first kappa shape index (κ1) is 13.5. The molecule has 1 aromatic heterocycles. The SMILES string of the molecule is COc1cccc(Cn2c(C)csc2=NC(C)=O)c1. The molecule has 0 aliphatic rings. The third kappa shape index (κ3) is 3.32. The van der Waals surface area contributed by atoms with Crippen molar-refractivity contribution in [3.63, 3.8) is 0 Å². The van der Waals surface area contributed by atoms with Crippen LogP contribution in [0.2, 0.25) is 0 Å². The van der Waals surface area contributed by atoms with Gasteiger partial charge in [0.1, 0.15) is 5.75 Å². The average molecular weight is 276 g/mol. The van der Waals surface area contributed by atoms with Crippen LogP contribution in [-0.2, 0) is 11.3 Å². The van der Waals surface area contributed by atoms with E-state index in [1.54, 1.807) is 7.11 Å². The molecule has 1 heterocycles. The van der Waals surface area contributed by atoms with E-state index in [1.165, 1.54) is 18.3 Å². The number of aryl methyl sites for hydroxylation is 1. The van der Waals surface area contributed by atoms with Crippen molar-refractivity contribution in [2.45, 2.75) is 20.4 Å². The van der Waals surface area contributed by atoms with Crippen molar-refractivity contribution in [1.29, 1.82) is 0 Å². The third-order valence-electron chi connectivity index (χ3n) is 2.72. The van der Waals surface area contributed by atoms with Crippen molar-refractivity contribution in [2.75, 3.05) is 7.11 Å². The van der Waals surface area contributed by atoms with Crippen LogP contribution in [0.25, 0.3) is 0 Å². The minimum Gasteiger partial charge on any atom is -0.497 e. The van der Waals surface area contributed by atoms with Gasteiger partial charge in [0.15, 0.2) is 4.80 Å². The molecule has 0 bridgehead atoms. The van der Waals surface area contributed by atoms with E-state index >= 15 is 0 Å². The normalized spacial score (nSPS) is 11.6. The number of methoxy groups -OCH3 is 1. The zero-order valence-corrected chi connectivity index (χ0v) is 12.0. The van der Waals surface area contributed by atoms with Crippen LogP contribution in [0.1, 0.15) is 18.2 Å². The summed E-state index contributed by atoms with van der Waals surface area (Å²) in [4.78, 5) is 15.9. The predicted molar refractivity (Wildman–Crippen MR) is 75.4 cm³/mol. The molecule has 2 rings (SSSR count). The summed E-state index contributed by atoms with van der Waals surface area (Å²) in [7, 11) is 1.65. The van der Waals surface area contributed by atoms with Crippen LogP contribution in [0.5, 0.6) is 5.75 Å². The fourth-order valence-corrected chi connectivity index (χ4v) is 2.70. The largest absolute Gasteiger partial charge is 0.497 e. The molecule has 0 aliphatic carbocycles. The van der Waals surface area contributed by atoms with Gasteiger partial charge in [0.25, 0.3) is 0 Å². The van der Waals surface area contributed by atoms with E-state index in [1.807, 2.05) is 41.1 Å². The van der Waals surface area contributed by atoms with E-state index < -0.39 is 0 Å². The van der Waals surface area contributed by atoms with E-state index in [0.717, 1.165) is 21.8 Å². The molecule has 0 aliphatic heterocycles. The Morgan fingerprint density at radius 2 is 2.26 bits per heavy atom. The van der Waals surface area contributed by atoms with Crippen LogP contribution >= 0.6 is 11.3 Å². The van der Waals surface area contributed by atoms with Gasteiger partial charge in [-0.15, -0.1) is 11.3 Å². The van der Waals surface area contributed by atoms with Crippen molar-refractivity contribution < 1.29 is 9.53 Å². The maximum atomic E-state index is 11.1. The maximum Gasteiger partial charge on any atom is 0.245 e. The van der Waals surface area contributed by atoms with Crippen molar-refractivity contribution in [3.8, 4) is 5.75 Å². The minimum atomic E-state index is -0.179. The van der Waals surface area contributed by atoms with E-state index in [9.17, 15) is 4.79 Å². The molecule has 4 nitrogen and oxygen atoms in total. The van der Waals surface area contributed by atoms with Crippen LogP contribution in [-0.4, -0.2) is 17.6 Å². The number of rotatable bonds is 3. The van der Waals surface area contributed by atoms with Crippen LogP contribution in [0.15, 0.2) is 34.6 Å². The molecule has 1 aromatic carbocycles. The van der Waals surface area contributed by atoms with E-state index in [-0.39, 0.29) is 5.91 Å².